The van der Waals surface area contributed by atoms with Gasteiger partial charge in [0.2, 0.25) is 0 Å². The smallest absolute Gasteiger partial charge is 0.306 e. The van der Waals surface area contributed by atoms with E-state index in [1.54, 1.807) is 0 Å². The van der Waals surface area contributed by atoms with Crippen molar-refractivity contribution in [3.05, 3.63) is 0 Å². The molecule has 0 radical (unpaired) electrons. The number of esters is 1. The summed E-state index contributed by atoms with van der Waals surface area (Å²) in [7, 11) is 0. The molecule has 1 fully saturated rings. The van der Waals surface area contributed by atoms with E-state index in [9.17, 15) is 4.79 Å². The number of hydrogen-bond donors (Lipinski definition) is 0. The molecule has 0 amide bonds. The average molecular weight is 198 g/mol. The molecule has 2 heteroatoms. The Morgan fingerprint density at radius 2 is 2.00 bits per heavy atom. The van der Waals surface area contributed by atoms with Gasteiger partial charge in [-0.2, -0.15) is 0 Å². The molecule has 1 aliphatic carbocycles. The molecule has 0 spiro atoms. The fraction of sp³-hybridized carbons (Fsp3) is 0.917. The Morgan fingerprint density at radius 1 is 1.29 bits per heavy atom. The van der Waals surface area contributed by atoms with Gasteiger partial charge in [0, 0.05) is 6.42 Å². The van der Waals surface area contributed by atoms with Crippen LogP contribution in [0.5, 0.6) is 0 Å². The molecule has 0 atom stereocenters. The average Bonchev–Trinajstić information content (AvgIpc) is 2.65. The lowest BCUT2D eigenvalue weighted by Crippen LogP contribution is -2.10. The van der Waals surface area contributed by atoms with E-state index in [1.165, 1.54) is 32.1 Å². The fourth-order valence-electron chi connectivity index (χ4n) is 2.05. The van der Waals surface area contributed by atoms with E-state index in [2.05, 4.69) is 6.92 Å². The van der Waals surface area contributed by atoms with Crippen molar-refractivity contribution in [3.8, 4) is 0 Å². The first-order valence-corrected chi connectivity index (χ1v) is 5.98. The lowest BCUT2D eigenvalue weighted by atomic mass is 10.0. The maximum absolute atomic E-state index is 11.3. The van der Waals surface area contributed by atoms with Crippen LogP contribution in [-0.4, -0.2) is 12.6 Å². The third kappa shape index (κ3) is 4.64. The van der Waals surface area contributed by atoms with Gasteiger partial charge in [-0.05, 0) is 25.2 Å². The van der Waals surface area contributed by atoms with Crippen molar-refractivity contribution in [2.24, 2.45) is 5.92 Å². The standard InChI is InChI=1S/C12H22O2/c1-2-3-6-9-14-12(13)10-11-7-4-5-8-11/h11H,2-10H2,1H3. The van der Waals surface area contributed by atoms with Gasteiger partial charge in [0.1, 0.15) is 0 Å². The summed E-state index contributed by atoms with van der Waals surface area (Å²) in [6.45, 7) is 2.78. The highest BCUT2D eigenvalue weighted by Crippen LogP contribution is 2.27. The number of rotatable bonds is 6. The van der Waals surface area contributed by atoms with Crippen molar-refractivity contribution in [3.63, 3.8) is 0 Å². The third-order valence-corrected chi connectivity index (χ3v) is 2.94. The minimum atomic E-state index is 0.0213. The Hall–Kier alpha value is -0.530. The molecule has 0 bridgehead atoms. The highest BCUT2D eigenvalue weighted by atomic mass is 16.5. The van der Waals surface area contributed by atoms with Gasteiger partial charge in [-0.15, -0.1) is 0 Å². The van der Waals surface area contributed by atoms with Crippen molar-refractivity contribution in [1.29, 1.82) is 0 Å². The van der Waals surface area contributed by atoms with Crippen LogP contribution in [0, 0.1) is 5.92 Å². The minimum absolute atomic E-state index is 0.0213. The first kappa shape index (κ1) is 11.5. The molecular weight excluding hydrogens is 176 g/mol. The maximum Gasteiger partial charge on any atom is 0.306 e. The van der Waals surface area contributed by atoms with E-state index >= 15 is 0 Å². The summed E-state index contributed by atoms with van der Waals surface area (Å²) in [5, 5.41) is 0. The summed E-state index contributed by atoms with van der Waals surface area (Å²) in [4.78, 5) is 11.3. The number of hydrogen-bond acceptors (Lipinski definition) is 2. The quantitative estimate of drug-likeness (QED) is 0.483. The van der Waals surface area contributed by atoms with Crippen LogP contribution in [0.2, 0.25) is 0 Å². The first-order valence-electron chi connectivity index (χ1n) is 5.98. The highest BCUT2D eigenvalue weighted by molar-refractivity contribution is 5.69. The lowest BCUT2D eigenvalue weighted by molar-refractivity contribution is -0.144. The number of unbranched alkanes of at least 4 members (excludes halogenated alkanes) is 2. The highest BCUT2D eigenvalue weighted by Gasteiger charge is 2.18. The number of ether oxygens (including phenoxy) is 1. The van der Waals surface area contributed by atoms with Crippen LogP contribution in [0.3, 0.4) is 0 Å². The van der Waals surface area contributed by atoms with Gasteiger partial charge in [-0.1, -0.05) is 32.6 Å². The second-order valence-corrected chi connectivity index (χ2v) is 4.28. The van der Waals surface area contributed by atoms with Crippen LogP contribution in [0.1, 0.15) is 58.3 Å². The molecule has 0 saturated heterocycles. The minimum Gasteiger partial charge on any atom is -0.466 e. The Balaban J connectivity index is 1.98. The fourth-order valence-corrected chi connectivity index (χ4v) is 2.05. The molecule has 0 unspecified atom stereocenters. The topological polar surface area (TPSA) is 26.3 Å². The monoisotopic (exact) mass is 198 g/mol. The lowest BCUT2D eigenvalue weighted by Gasteiger charge is -2.08. The molecule has 0 aromatic heterocycles. The normalized spacial score (nSPS) is 17.2. The summed E-state index contributed by atoms with van der Waals surface area (Å²) >= 11 is 0. The molecule has 0 heterocycles. The molecule has 1 rings (SSSR count). The van der Waals surface area contributed by atoms with Crippen molar-refractivity contribution >= 4 is 5.97 Å². The van der Waals surface area contributed by atoms with E-state index in [0.29, 0.717) is 18.9 Å². The van der Waals surface area contributed by atoms with Crippen LogP contribution < -0.4 is 0 Å². The van der Waals surface area contributed by atoms with E-state index < -0.39 is 0 Å². The summed E-state index contributed by atoms with van der Waals surface area (Å²) < 4.78 is 5.17. The molecule has 0 aromatic rings. The van der Waals surface area contributed by atoms with E-state index in [1.807, 2.05) is 0 Å². The van der Waals surface area contributed by atoms with Crippen molar-refractivity contribution in [2.45, 2.75) is 58.3 Å². The van der Waals surface area contributed by atoms with Gasteiger partial charge in [0.25, 0.3) is 0 Å². The zero-order chi connectivity index (χ0) is 10.2. The van der Waals surface area contributed by atoms with Gasteiger partial charge in [0.15, 0.2) is 0 Å². The second kappa shape index (κ2) is 6.86. The first-order chi connectivity index (χ1) is 6.83. The van der Waals surface area contributed by atoms with Gasteiger partial charge in [-0.25, -0.2) is 0 Å². The zero-order valence-corrected chi connectivity index (χ0v) is 9.26. The SMILES string of the molecule is CCCCCOC(=O)CC1CCCC1. The van der Waals surface area contributed by atoms with Crippen LogP contribution in [0.4, 0.5) is 0 Å². The van der Waals surface area contributed by atoms with E-state index in [0.717, 1.165) is 12.8 Å². The molecule has 0 aliphatic heterocycles. The summed E-state index contributed by atoms with van der Waals surface area (Å²) in [6, 6.07) is 0. The predicted octanol–water partition coefficient (Wildman–Crippen LogP) is 3.30. The van der Waals surface area contributed by atoms with E-state index in [4.69, 9.17) is 4.74 Å². The number of carbonyl (C=O) groups is 1. The van der Waals surface area contributed by atoms with Crippen LogP contribution in [-0.2, 0) is 9.53 Å². The van der Waals surface area contributed by atoms with Crippen LogP contribution >= 0.6 is 0 Å². The summed E-state index contributed by atoms with van der Waals surface area (Å²) in [6.07, 6.45) is 9.07. The summed E-state index contributed by atoms with van der Waals surface area (Å²) in [5.41, 5.74) is 0. The Labute approximate surface area is 87.0 Å². The van der Waals surface area contributed by atoms with Gasteiger partial charge >= 0.3 is 5.97 Å². The van der Waals surface area contributed by atoms with Crippen molar-refractivity contribution in [1.82, 2.24) is 0 Å². The zero-order valence-electron chi connectivity index (χ0n) is 9.26. The second-order valence-electron chi connectivity index (χ2n) is 4.28. The molecule has 1 saturated carbocycles. The Morgan fingerprint density at radius 3 is 2.64 bits per heavy atom. The van der Waals surface area contributed by atoms with Crippen molar-refractivity contribution in [2.75, 3.05) is 6.61 Å². The Bertz CT molecular complexity index is 160. The van der Waals surface area contributed by atoms with Crippen LogP contribution in [0.25, 0.3) is 0 Å². The maximum atomic E-state index is 11.3. The van der Waals surface area contributed by atoms with Crippen molar-refractivity contribution < 1.29 is 9.53 Å². The largest absolute Gasteiger partial charge is 0.466 e. The predicted molar refractivity (Wildman–Crippen MR) is 57.1 cm³/mol. The van der Waals surface area contributed by atoms with Gasteiger partial charge in [0.05, 0.1) is 6.61 Å². The third-order valence-electron chi connectivity index (χ3n) is 2.94. The molecular formula is C12H22O2. The molecule has 2 nitrogen and oxygen atoms in total. The molecule has 0 aromatic carbocycles. The van der Waals surface area contributed by atoms with E-state index in [-0.39, 0.29) is 5.97 Å². The van der Waals surface area contributed by atoms with Crippen LogP contribution in [0.15, 0.2) is 0 Å². The molecule has 82 valence electrons. The van der Waals surface area contributed by atoms with Gasteiger partial charge < -0.3 is 4.74 Å². The summed E-state index contributed by atoms with van der Waals surface area (Å²) in [5.74, 6) is 0.640. The number of carbonyl (C=O) groups excluding carboxylic acids is 1. The van der Waals surface area contributed by atoms with Gasteiger partial charge in [-0.3, -0.25) is 4.79 Å². The molecule has 0 N–H and O–H groups in total. The molecule has 14 heavy (non-hydrogen) atoms. The Kier molecular flexibility index (Phi) is 5.65. The molecule has 1 aliphatic rings.